The summed E-state index contributed by atoms with van der Waals surface area (Å²) in [4.78, 5) is 12.7. The monoisotopic (exact) mass is 314 g/mol. The summed E-state index contributed by atoms with van der Waals surface area (Å²) in [6.07, 6.45) is 7.45. The molecule has 1 heterocycles. The van der Waals surface area contributed by atoms with Gasteiger partial charge in [-0.1, -0.05) is 25.3 Å². The molecule has 0 radical (unpaired) electrons. The third-order valence-corrected chi connectivity index (χ3v) is 4.52. The molecule has 0 spiro atoms. The lowest BCUT2D eigenvalue weighted by Crippen LogP contribution is -2.35. The number of amides is 1. The van der Waals surface area contributed by atoms with Crippen LogP contribution in [0, 0.1) is 0 Å². The zero-order valence-corrected chi connectivity index (χ0v) is 13.6. The first-order valence-corrected chi connectivity index (χ1v) is 8.08. The van der Waals surface area contributed by atoms with E-state index in [0.29, 0.717) is 11.3 Å². The minimum atomic E-state index is -0.0264. The van der Waals surface area contributed by atoms with Crippen LogP contribution in [0.3, 0.4) is 0 Å². The Labute approximate surface area is 136 Å². The van der Waals surface area contributed by atoms with Crippen LogP contribution in [0.15, 0.2) is 28.9 Å². The number of hydrogen-bond acceptors (Lipinski definition) is 4. The zero-order valence-electron chi connectivity index (χ0n) is 13.6. The number of phenols is 1. The van der Waals surface area contributed by atoms with E-state index in [-0.39, 0.29) is 17.7 Å². The van der Waals surface area contributed by atoms with Crippen LogP contribution in [-0.4, -0.2) is 34.9 Å². The molecule has 0 atom stereocenters. The quantitative estimate of drug-likeness (QED) is 0.870. The maximum atomic E-state index is 12.7. The molecule has 0 bridgehead atoms. The smallest absolute Gasteiger partial charge is 0.276 e. The number of nitrogens with zero attached hydrogens (tertiary/aromatic N) is 2. The standard InChI is InChI=1S/C18H22N2O3/c1-12-15(10-13-8-9-16(21)17(11-13)23-2)18(22)20(19-12)14-6-4-3-5-7-14/h8-11,14,21H,3-7H2,1-2H3/b15-10+. The first kappa shape index (κ1) is 15.6. The van der Waals surface area contributed by atoms with Gasteiger partial charge in [0.2, 0.25) is 0 Å². The molecule has 1 aliphatic carbocycles. The van der Waals surface area contributed by atoms with Gasteiger partial charge < -0.3 is 9.84 Å². The Morgan fingerprint density at radius 3 is 2.74 bits per heavy atom. The number of phenolic OH excluding ortho intramolecular Hbond substituents is 1. The fraction of sp³-hybridized carbons (Fsp3) is 0.444. The number of rotatable bonds is 3. The molecule has 5 nitrogen and oxygen atoms in total. The van der Waals surface area contributed by atoms with E-state index in [1.54, 1.807) is 23.2 Å². The molecule has 5 heteroatoms. The van der Waals surface area contributed by atoms with Crippen molar-refractivity contribution >= 4 is 17.7 Å². The molecule has 2 aliphatic rings. The molecule has 0 unspecified atom stereocenters. The van der Waals surface area contributed by atoms with Crippen molar-refractivity contribution in [2.45, 2.75) is 45.1 Å². The summed E-state index contributed by atoms with van der Waals surface area (Å²) in [5, 5.41) is 15.8. The van der Waals surface area contributed by atoms with Crippen LogP contribution in [-0.2, 0) is 4.79 Å². The van der Waals surface area contributed by atoms with Crippen LogP contribution in [0.5, 0.6) is 11.5 Å². The van der Waals surface area contributed by atoms with Gasteiger partial charge in [0.25, 0.3) is 5.91 Å². The summed E-state index contributed by atoms with van der Waals surface area (Å²) in [5.74, 6) is 0.451. The van der Waals surface area contributed by atoms with Crippen LogP contribution in [0.1, 0.15) is 44.6 Å². The van der Waals surface area contributed by atoms with E-state index < -0.39 is 0 Å². The predicted octanol–water partition coefficient (Wildman–Crippen LogP) is 3.34. The highest BCUT2D eigenvalue weighted by atomic mass is 16.5. The minimum Gasteiger partial charge on any atom is -0.504 e. The van der Waals surface area contributed by atoms with Crippen LogP contribution in [0.4, 0.5) is 0 Å². The number of benzene rings is 1. The molecular formula is C18H22N2O3. The Bertz CT molecular complexity index is 673. The van der Waals surface area contributed by atoms with Gasteiger partial charge in [-0.25, -0.2) is 5.01 Å². The fourth-order valence-electron chi connectivity index (χ4n) is 3.23. The van der Waals surface area contributed by atoms with Crippen LogP contribution in [0.25, 0.3) is 6.08 Å². The third-order valence-electron chi connectivity index (χ3n) is 4.52. The lowest BCUT2D eigenvalue weighted by atomic mass is 9.95. The van der Waals surface area contributed by atoms with Gasteiger partial charge in [0, 0.05) is 0 Å². The second-order valence-electron chi connectivity index (χ2n) is 6.12. The predicted molar refractivity (Wildman–Crippen MR) is 89.5 cm³/mol. The van der Waals surface area contributed by atoms with E-state index in [4.69, 9.17) is 4.74 Å². The van der Waals surface area contributed by atoms with E-state index in [0.717, 1.165) is 37.0 Å². The Morgan fingerprint density at radius 1 is 1.30 bits per heavy atom. The highest BCUT2D eigenvalue weighted by molar-refractivity contribution is 6.26. The minimum absolute atomic E-state index is 0.0264. The number of carbonyl (C=O) groups excluding carboxylic acids is 1. The molecular weight excluding hydrogens is 292 g/mol. The number of ether oxygens (including phenoxy) is 1. The van der Waals surface area contributed by atoms with Gasteiger partial charge in [0.05, 0.1) is 24.4 Å². The summed E-state index contributed by atoms with van der Waals surface area (Å²) in [6.45, 7) is 1.87. The van der Waals surface area contributed by atoms with Crippen molar-refractivity contribution in [3.05, 3.63) is 29.3 Å². The maximum absolute atomic E-state index is 12.7. The highest BCUT2D eigenvalue weighted by Crippen LogP contribution is 2.30. The third kappa shape index (κ3) is 3.09. The van der Waals surface area contributed by atoms with Crippen molar-refractivity contribution in [1.29, 1.82) is 0 Å². The number of hydrogen-bond donors (Lipinski definition) is 1. The summed E-state index contributed by atoms with van der Waals surface area (Å²) < 4.78 is 5.12. The van der Waals surface area contributed by atoms with Crippen molar-refractivity contribution < 1.29 is 14.6 Å². The van der Waals surface area contributed by atoms with E-state index >= 15 is 0 Å². The van der Waals surface area contributed by atoms with Crippen molar-refractivity contribution in [1.82, 2.24) is 5.01 Å². The normalized spacial score (nSPS) is 21.0. The molecule has 3 rings (SSSR count). The summed E-state index contributed by atoms with van der Waals surface area (Å²) in [6, 6.07) is 5.27. The van der Waals surface area contributed by atoms with Gasteiger partial charge in [-0.3, -0.25) is 4.79 Å². The van der Waals surface area contributed by atoms with Crippen LogP contribution in [0.2, 0.25) is 0 Å². The molecule has 1 aliphatic heterocycles. The van der Waals surface area contributed by atoms with Gasteiger partial charge in [-0.05, 0) is 43.5 Å². The molecule has 1 aromatic rings. The van der Waals surface area contributed by atoms with Gasteiger partial charge in [0.15, 0.2) is 11.5 Å². The fourth-order valence-corrected chi connectivity index (χ4v) is 3.23. The van der Waals surface area contributed by atoms with E-state index in [1.807, 2.05) is 13.0 Å². The first-order chi connectivity index (χ1) is 11.1. The van der Waals surface area contributed by atoms with Crippen LogP contribution < -0.4 is 4.74 Å². The average Bonchev–Trinajstić information content (AvgIpc) is 2.85. The van der Waals surface area contributed by atoms with E-state index in [1.165, 1.54) is 13.5 Å². The van der Waals surface area contributed by atoms with Gasteiger partial charge in [0.1, 0.15) is 0 Å². The van der Waals surface area contributed by atoms with E-state index in [2.05, 4.69) is 5.10 Å². The molecule has 1 saturated carbocycles. The summed E-state index contributed by atoms with van der Waals surface area (Å²) in [7, 11) is 1.50. The number of methoxy groups -OCH3 is 1. The zero-order chi connectivity index (χ0) is 16.4. The lowest BCUT2D eigenvalue weighted by Gasteiger charge is -2.27. The largest absolute Gasteiger partial charge is 0.504 e. The molecule has 1 amide bonds. The molecule has 122 valence electrons. The maximum Gasteiger partial charge on any atom is 0.276 e. The Kier molecular flexibility index (Phi) is 4.37. The Balaban J connectivity index is 1.85. The number of hydrazone groups is 1. The number of carbonyl (C=O) groups is 1. The molecule has 1 N–H and O–H groups in total. The number of aromatic hydroxyl groups is 1. The molecule has 23 heavy (non-hydrogen) atoms. The lowest BCUT2D eigenvalue weighted by molar-refractivity contribution is -0.128. The summed E-state index contributed by atoms with van der Waals surface area (Å²) in [5.41, 5.74) is 2.17. The van der Waals surface area contributed by atoms with Crippen molar-refractivity contribution in [2.75, 3.05) is 7.11 Å². The SMILES string of the molecule is COc1cc(/C=C2/C(=O)N(C3CCCCC3)N=C2C)ccc1O. The van der Waals surface area contributed by atoms with Gasteiger partial charge >= 0.3 is 0 Å². The second kappa shape index (κ2) is 6.44. The molecule has 1 aromatic carbocycles. The Morgan fingerprint density at radius 2 is 2.04 bits per heavy atom. The van der Waals surface area contributed by atoms with Crippen molar-refractivity contribution in [3.63, 3.8) is 0 Å². The Hall–Kier alpha value is -2.30. The molecule has 0 aromatic heterocycles. The van der Waals surface area contributed by atoms with Crippen molar-refractivity contribution in [2.24, 2.45) is 5.10 Å². The summed E-state index contributed by atoms with van der Waals surface area (Å²) >= 11 is 0. The van der Waals surface area contributed by atoms with Crippen molar-refractivity contribution in [3.8, 4) is 11.5 Å². The average molecular weight is 314 g/mol. The van der Waals surface area contributed by atoms with Crippen LogP contribution >= 0.6 is 0 Å². The molecule has 0 saturated heterocycles. The van der Waals surface area contributed by atoms with Gasteiger partial charge in [-0.2, -0.15) is 5.10 Å². The van der Waals surface area contributed by atoms with Gasteiger partial charge in [-0.15, -0.1) is 0 Å². The highest BCUT2D eigenvalue weighted by Gasteiger charge is 2.33. The first-order valence-electron chi connectivity index (χ1n) is 8.08. The van der Waals surface area contributed by atoms with E-state index in [9.17, 15) is 9.90 Å². The topological polar surface area (TPSA) is 62.1 Å². The molecule has 1 fully saturated rings. The second-order valence-corrected chi connectivity index (χ2v) is 6.12.